The highest BCUT2D eigenvalue weighted by molar-refractivity contribution is 5.93. The standard InChI is InChI=1S/C13H14FN3O3/c1-2-3-11(12(18)19)17-13(20)16-10-5-4-9(14)6-8(10)7-15/h4-6,11H,2-3H2,1H3,(H,18,19)(H2,16,17,20)/t11-/m1/s1. The Hall–Kier alpha value is -2.62. The molecule has 0 aliphatic carbocycles. The molecule has 1 aromatic carbocycles. The number of hydrogen-bond donors (Lipinski definition) is 3. The summed E-state index contributed by atoms with van der Waals surface area (Å²) >= 11 is 0. The molecule has 0 radical (unpaired) electrons. The molecule has 0 unspecified atom stereocenters. The number of nitriles is 1. The monoisotopic (exact) mass is 279 g/mol. The first-order valence-corrected chi connectivity index (χ1v) is 5.98. The zero-order valence-corrected chi connectivity index (χ0v) is 10.8. The summed E-state index contributed by atoms with van der Waals surface area (Å²) in [5.41, 5.74) is 0.0783. The van der Waals surface area contributed by atoms with Crippen molar-refractivity contribution in [3.63, 3.8) is 0 Å². The molecule has 20 heavy (non-hydrogen) atoms. The van der Waals surface area contributed by atoms with Crippen molar-refractivity contribution in [3.05, 3.63) is 29.6 Å². The second kappa shape index (κ2) is 7.09. The lowest BCUT2D eigenvalue weighted by Crippen LogP contribution is -2.43. The predicted octanol–water partition coefficient (Wildman–Crippen LogP) is 2.07. The molecule has 2 amide bonds. The molecule has 7 heteroatoms. The Balaban J connectivity index is 2.76. The van der Waals surface area contributed by atoms with Crippen LogP contribution >= 0.6 is 0 Å². The van der Waals surface area contributed by atoms with Gasteiger partial charge in [0.2, 0.25) is 0 Å². The van der Waals surface area contributed by atoms with Gasteiger partial charge in [-0.1, -0.05) is 13.3 Å². The Kier molecular flexibility index (Phi) is 5.47. The zero-order valence-electron chi connectivity index (χ0n) is 10.8. The van der Waals surface area contributed by atoms with Crippen LogP contribution in [0.3, 0.4) is 0 Å². The van der Waals surface area contributed by atoms with Gasteiger partial charge in [0.25, 0.3) is 0 Å². The highest BCUT2D eigenvalue weighted by Crippen LogP contribution is 2.15. The van der Waals surface area contributed by atoms with E-state index in [0.29, 0.717) is 6.42 Å². The molecule has 0 heterocycles. The number of rotatable bonds is 5. The molecule has 3 N–H and O–H groups in total. The minimum atomic E-state index is -1.14. The number of carbonyl (C=O) groups is 2. The number of benzene rings is 1. The molecule has 0 spiro atoms. The van der Waals surface area contributed by atoms with E-state index in [0.717, 1.165) is 12.1 Å². The van der Waals surface area contributed by atoms with Gasteiger partial charge in [0.15, 0.2) is 0 Å². The van der Waals surface area contributed by atoms with Crippen LogP contribution in [0.5, 0.6) is 0 Å². The molecule has 0 aliphatic heterocycles. The number of carbonyl (C=O) groups excluding carboxylic acids is 1. The lowest BCUT2D eigenvalue weighted by Gasteiger charge is -2.14. The number of carboxylic acid groups (broad SMARTS) is 1. The number of anilines is 1. The topological polar surface area (TPSA) is 102 Å². The lowest BCUT2D eigenvalue weighted by atomic mass is 10.1. The molecule has 0 fully saturated rings. The van der Waals surface area contributed by atoms with Gasteiger partial charge in [-0.2, -0.15) is 5.26 Å². The third kappa shape index (κ3) is 4.24. The van der Waals surface area contributed by atoms with Crippen molar-refractivity contribution in [2.75, 3.05) is 5.32 Å². The second-order valence-corrected chi connectivity index (χ2v) is 4.08. The molecule has 106 valence electrons. The molecule has 1 aromatic rings. The third-order valence-electron chi connectivity index (χ3n) is 2.53. The number of nitrogens with one attached hydrogen (secondary N) is 2. The van der Waals surface area contributed by atoms with E-state index in [9.17, 15) is 14.0 Å². The summed E-state index contributed by atoms with van der Waals surface area (Å²) in [5, 5.41) is 22.3. The number of nitrogens with zero attached hydrogens (tertiary/aromatic N) is 1. The lowest BCUT2D eigenvalue weighted by molar-refractivity contribution is -0.139. The number of urea groups is 1. The van der Waals surface area contributed by atoms with E-state index >= 15 is 0 Å². The number of amides is 2. The van der Waals surface area contributed by atoms with E-state index in [1.165, 1.54) is 6.07 Å². The van der Waals surface area contributed by atoms with Crippen LogP contribution in [-0.4, -0.2) is 23.1 Å². The number of carboxylic acids is 1. The Morgan fingerprint density at radius 1 is 1.50 bits per heavy atom. The van der Waals surface area contributed by atoms with Gasteiger partial charge < -0.3 is 15.7 Å². The quantitative estimate of drug-likeness (QED) is 0.767. The van der Waals surface area contributed by atoms with Gasteiger partial charge in [-0.15, -0.1) is 0 Å². The molecule has 1 atom stereocenters. The van der Waals surface area contributed by atoms with E-state index in [2.05, 4.69) is 10.6 Å². The van der Waals surface area contributed by atoms with Crippen molar-refractivity contribution in [3.8, 4) is 6.07 Å². The molecule has 0 aliphatic rings. The van der Waals surface area contributed by atoms with Crippen molar-refractivity contribution in [2.24, 2.45) is 0 Å². The van der Waals surface area contributed by atoms with Crippen molar-refractivity contribution in [2.45, 2.75) is 25.8 Å². The molecular weight excluding hydrogens is 265 g/mol. The van der Waals surface area contributed by atoms with Gasteiger partial charge in [0, 0.05) is 0 Å². The Morgan fingerprint density at radius 2 is 2.20 bits per heavy atom. The van der Waals surface area contributed by atoms with Crippen LogP contribution in [0, 0.1) is 17.1 Å². The van der Waals surface area contributed by atoms with Crippen LogP contribution in [0.1, 0.15) is 25.3 Å². The van der Waals surface area contributed by atoms with Crippen molar-refractivity contribution in [1.82, 2.24) is 5.32 Å². The van der Waals surface area contributed by atoms with Gasteiger partial charge in [0.05, 0.1) is 11.3 Å². The minimum absolute atomic E-state index is 0.0393. The SMILES string of the molecule is CCC[C@@H](NC(=O)Nc1ccc(F)cc1C#N)C(=O)O. The van der Waals surface area contributed by atoms with Crippen LogP contribution in [0.25, 0.3) is 0 Å². The highest BCUT2D eigenvalue weighted by Gasteiger charge is 2.19. The molecule has 0 aromatic heterocycles. The number of aliphatic carboxylic acids is 1. The first-order chi connectivity index (χ1) is 9.47. The Morgan fingerprint density at radius 3 is 2.75 bits per heavy atom. The zero-order chi connectivity index (χ0) is 15.1. The molecule has 6 nitrogen and oxygen atoms in total. The van der Waals surface area contributed by atoms with Crippen LogP contribution < -0.4 is 10.6 Å². The summed E-state index contributed by atoms with van der Waals surface area (Å²) in [6.07, 6.45) is 0.883. The average molecular weight is 279 g/mol. The van der Waals surface area contributed by atoms with E-state index in [-0.39, 0.29) is 17.7 Å². The third-order valence-corrected chi connectivity index (χ3v) is 2.53. The summed E-state index contributed by atoms with van der Waals surface area (Å²) in [4.78, 5) is 22.6. The van der Waals surface area contributed by atoms with Gasteiger partial charge in [-0.05, 0) is 24.6 Å². The summed E-state index contributed by atoms with van der Waals surface area (Å²) in [6, 6.07) is 3.30. The Labute approximate surface area is 115 Å². The van der Waals surface area contributed by atoms with E-state index in [1.807, 2.05) is 0 Å². The maximum atomic E-state index is 12.9. The molecule has 0 bridgehead atoms. The van der Waals surface area contributed by atoms with E-state index in [1.54, 1.807) is 13.0 Å². The fourth-order valence-corrected chi connectivity index (χ4v) is 1.58. The van der Waals surface area contributed by atoms with Crippen LogP contribution in [-0.2, 0) is 4.79 Å². The molecule has 1 rings (SSSR count). The maximum Gasteiger partial charge on any atom is 0.326 e. The summed E-state index contributed by atoms with van der Waals surface area (Å²) in [6.45, 7) is 1.79. The molecule has 0 saturated heterocycles. The summed E-state index contributed by atoms with van der Waals surface area (Å²) < 4.78 is 12.9. The van der Waals surface area contributed by atoms with Gasteiger partial charge in [-0.25, -0.2) is 14.0 Å². The highest BCUT2D eigenvalue weighted by atomic mass is 19.1. The molecule has 0 saturated carbocycles. The van der Waals surface area contributed by atoms with E-state index < -0.39 is 23.9 Å². The fourth-order valence-electron chi connectivity index (χ4n) is 1.58. The van der Waals surface area contributed by atoms with Crippen molar-refractivity contribution >= 4 is 17.7 Å². The number of halogens is 1. The Bertz CT molecular complexity index is 554. The smallest absolute Gasteiger partial charge is 0.326 e. The summed E-state index contributed by atoms with van der Waals surface area (Å²) in [7, 11) is 0. The minimum Gasteiger partial charge on any atom is -0.480 e. The van der Waals surface area contributed by atoms with Crippen molar-refractivity contribution < 1.29 is 19.1 Å². The number of hydrogen-bond acceptors (Lipinski definition) is 3. The fraction of sp³-hybridized carbons (Fsp3) is 0.308. The predicted molar refractivity (Wildman–Crippen MR) is 69.6 cm³/mol. The van der Waals surface area contributed by atoms with Crippen LogP contribution in [0.2, 0.25) is 0 Å². The van der Waals surface area contributed by atoms with Gasteiger partial charge in [0.1, 0.15) is 17.9 Å². The van der Waals surface area contributed by atoms with Gasteiger partial charge >= 0.3 is 12.0 Å². The van der Waals surface area contributed by atoms with E-state index in [4.69, 9.17) is 10.4 Å². The maximum absolute atomic E-state index is 12.9. The largest absolute Gasteiger partial charge is 0.480 e. The first-order valence-electron chi connectivity index (χ1n) is 5.98. The van der Waals surface area contributed by atoms with Crippen LogP contribution in [0.15, 0.2) is 18.2 Å². The first kappa shape index (κ1) is 15.4. The summed E-state index contributed by atoms with van der Waals surface area (Å²) in [5.74, 6) is -1.73. The average Bonchev–Trinajstić information content (AvgIpc) is 2.40. The van der Waals surface area contributed by atoms with Crippen molar-refractivity contribution in [1.29, 1.82) is 5.26 Å². The van der Waals surface area contributed by atoms with Gasteiger partial charge in [-0.3, -0.25) is 0 Å². The second-order valence-electron chi connectivity index (χ2n) is 4.08. The molecular formula is C13H14FN3O3. The van der Waals surface area contributed by atoms with Crippen LogP contribution in [0.4, 0.5) is 14.9 Å². The normalized spacial score (nSPS) is 11.2.